The number of anilines is 1. The Hall–Kier alpha value is -1.66. The standard InChI is InChI=1S/C14H15BrN4O/c1-9(8-19-6-2-5-16-19)17-13-11-7-10(15)3-4-12(11)18-14(13)20/h2-7,9,13,17H,8H2,1H3,(H,18,20). The van der Waals surface area contributed by atoms with Gasteiger partial charge in [-0.2, -0.15) is 5.10 Å². The van der Waals surface area contributed by atoms with Crippen LogP contribution in [0.5, 0.6) is 0 Å². The highest BCUT2D eigenvalue weighted by Crippen LogP contribution is 2.33. The largest absolute Gasteiger partial charge is 0.324 e. The van der Waals surface area contributed by atoms with Crippen LogP contribution in [0.15, 0.2) is 41.1 Å². The van der Waals surface area contributed by atoms with Crippen molar-refractivity contribution in [1.29, 1.82) is 0 Å². The summed E-state index contributed by atoms with van der Waals surface area (Å²) < 4.78 is 2.83. The number of halogens is 1. The Morgan fingerprint density at radius 3 is 3.15 bits per heavy atom. The lowest BCUT2D eigenvalue weighted by Crippen LogP contribution is -2.37. The molecule has 1 amide bonds. The van der Waals surface area contributed by atoms with E-state index in [0.29, 0.717) is 0 Å². The van der Waals surface area contributed by atoms with Crippen LogP contribution in [0, 0.1) is 0 Å². The molecule has 2 unspecified atom stereocenters. The van der Waals surface area contributed by atoms with Crippen molar-refractivity contribution in [3.05, 3.63) is 46.7 Å². The summed E-state index contributed by atoms with van der Waals surface area (Å²) in [6, 6.07) is 7.53. The number of benzene rings is 1. The average Bonchev–Trinajstić information content (AvgIpc) is 3.00. The van der Waals surface area contributed by atoms with Gasteiger partial charge in [0, 0.05) is 34.2 Å². The number of hydrogen-bond donors (Lipinski definition) is 2. The Kier molecular flexibility index (Phi) is 3.58. The van der Waals surface area contributed by atoms with Gasteiger partial charge in [0.25, 0.3) is 0 Å². The maximum atomic E-state index is 12.1. The van der Waals surface area contributed by atoms with Gasteiger partial charge in [0.15, 0.2) is 0 Å². The van der Waals surface area contributed by atoms with E-state index in [-0.39, 0.29) is 18.0 Å². The number of fused-ring (bicyclic) bond motifs is 1. The molecule has 1 aromatic carbocycles. The molecular formula is C14H15BrN4O. The minimum atomic E-state index is -0.312. The molecule has 0 saturated heterocycles. The van der Waals surface area contributed by atoms with Crippen molar-refractivity contribution in [3.8, 4) is 0 Å². The van der Waals surface area contributed by atoms with Crippen molar-refractivity contribution >= 4 is 27.5 Å². The molecule has 1 aliphatic heterocycles. The van der Waals surface area contributed by atoms with Gasteiger partial charge in [0.1, 0.15) is 6.04 Å². The number of nitrogens with one attached hydrogen (secondary N) is 2. The maximum absolute atomic E-state index is 12.1. The van der Waals surface area contributed by atoms with Gasteiger partial charge in [0.05, 0.1) is 6.54 Å². The highest BCUT2D eigenvalue weighted by atomic mass is 79.9. The molecule has 104 valence electrons. The monoisotopic (exact) mass is 334 g/mol. The van der Waals surface area contributed by atoms with Crippen LogP contribution in [-0.4, -0.2) is 21.7 Å². The van der Waals surface area contributed by atoms with Gasteiger partial charge in [-0.3, -0.25) is 14.8 Å². The molecule has 5 nitrogen and oxygen atoms in total. The second-order valence-electron chi connectivity index (χ2n) is 4.95. The second kappa shape index (κ2) is 5.38. The molecule has 3 rings (SSSR count). The molecule has 20 heavy (non-hydrogen) atoms. The number of hydrogen-bond acceptors (Lipinski definition) is 3. The van der Waals surface area contributed by atoms with Gasteiger partial charge in [-0.15, -0.1) is 0 Å². The molecule has 2 heterocycles. The Bertz CT molecular complexity index is 626. The van der Waals surface area contributed by atoms with Gasteiger partial charge < -0.3 is 5.32 Å². The lowest BCUT2D eigenvalue weighted by Gasteiger charge is -2.18. The van der Waals surface area contributed by atoms with E-state index >= 15 is 0 Å². The molecular weight excluding hydrogens is 320 g/mol. The third kappa shape index (κ3) is 2.62. The number of nitrogens with zero attached hydrogens (tertiary/aromatic N) is 2. The van der Waals surface area contributed by atoms with Crippen LogP contribution in [0.1, 0.15) is 18.5 Å². The summed E-state index contributed by atoms with van der Waals surface area (Å²) in [6.45, 7) is 2.77. The fraction of sp³-hybridized carbons (Fsp3) is 0.286. The number of carbonyl (C=O) groups is 1. The van der Waals surface area contributed by atoms with E-state index in [1.807, 2.05) is 42.1 Å². The minimum Gasteiger partial charge on any atom is -0.324 e. The summed E-state index contributed by atoms with van der Waals surface area (Å²) in [5, 5.41) is 10.4. The van der Waals surface area contributed by atoms with Crippen molar-refractivity contribution in [2.45, 2.75) is 25.6 Å². The lowest BCUT2D eigenvalue weighted by molar-refractivity contribution is -0.117. The molecule has 0 bridgehead atoms. The van der Waals surface area contributed by atoms with E-state index in [0.717, 1.165) is 22.3 Å². The third-order valence-electron chi connectivity index (χ3n) is 3.32. The van der Waals surface area contributed by atoms with Crippen LogP contribution in [0.3, 0.4) is 0 Å². The van der Waals surface area contributed by atoms with Crippen molar-refractivity contribution in [2.75, 3.05) is 5.32 Å². The molecule has 2 N–H and O–H groups in total. The molecule has 0 saturated carbocycles. The zero-order chi connectivity index (χ0) is 14.1. The zero-order valence-corrected chi connectivity index (χ0v) is 12.6. The fourth-order valence-electron chi connectivity index (χ4n) is 2.42. The molecule has 0 spiro atoms. The molecule has 6 heteroatoms. The molecule has 1 aliphatic rings. The van der Waals surface area contributed by atoms with Crippen LogP contribution >= 0.6 is 15.9 Å². The van der Waals surface area contributed by atoms with Gasteiger partial charge in [-0.05, 0) is 31.2 Å². The van der Waals surface area contributed by atoms with E-state index in [1.165, 1.54) is 0 Å². The highest BCUT2D eigenvalue weighted by molar-refractivity contribution is 9.10. The van der Waals surface area contributed by atoms with Crippen LogP contribution in [0.25, 0.3) is 0 Å². The van der Waals surface area contributed by atoms with E-state index < -0.39 is 0 Å². The lowest BCUT2D eigenvalue weighted by atomic mass is 10.1. The summed E-state index contributed by atoms with van der Waals surface area (Å²) in [5.41, 5.74) is 1.86. The first-order chi connectivity index (χ1) is 9.63. The third-order valence-corrected chi connectivity index (χ3v) is 3.81. The quantitative estimate of drug-likeness (QED) is 0.902. The minimum absolute atomic E-state index is 0.00887. The van der Waals surface area contributed by atoms with Gasteiger partial charge >= 0.3 is 0 Å². The number of amides is 1. The first-order valence-electron chi connectivity index (χ1n) is 6.47. The van der Waals surface area contributed by atoms with Crippen molar-refractivity contribution < 1.29 is 4.79 Å². The van der Waals surface area contributed by atoms with E-state index in [1.54, 1.807) is 6.20 Å². The average molecular weight is 335 g/mol. The predicted molar refractivity (Wildman–Crippen MR) is 80.3 cm³/mol. The number of carbonyl (C=O) groups excluding carboxylic acids is 1. The maximum Gasteiger partial charge on any atom is 0.246 e. The van der Waals surface area contributed by atoms with E-state index in [9.17, 15) is 4.79 Å². The zero-order valence-electron chi connectivity index (χ0n) is 11.0. The molecule has 1 aromatic heterocycles. The number of aromatic nitrogens is 2. The van der Waals surface area contributed by atoms with E-state index in [4.69, 9.17) is 0 Å². The first-order valence-corrected chi connectivity index (χ1v) is 7.26. The van der Waals surface area contributed by atoms with Crippen LogP contribution in [-0.2, 0) is 11.3 Å². The fourth-order valence-corrected chi connectivity index (χ4v) is 2.80. The summed E-state index contributed by atoms with van der Waals surface area (Å²) in [5.74, 6) is -0.00887. The SMILES string of the molecule is CC(Cn1cccn1)NC1C(=O)Nc2ccc(Br)cc21. The van der Waals surface area contributed by atoms with E-state index in [2.05, 4.69) is 31.7 Å². The summed E-state index contributed by atoms with van der Waals surface area (Å²) >= 11 is 3.45. The normalized spacial score (nSPS) is 18.7. The van der Waals surface area contributed by atoms with Gasteiger partial charge in [-0.25, -0.2) is 0 Å². The van der Waals surface area contributed by atoms with Gasteiger partial charge in [-0.1, -0.05) is 15.9 Å². The van der Waals surface area contributed by atoms with Crippen molar-refractivity contribution in [3.63, 3.8) is 0 Å². The van der Waals surface area contributed by atoms with Crippen molar-refractivity contribution in [1.82, 2.24) is 15.1 Å². The van der Waals surface area contributed by atoms with Crippen LogP contribution < -0.4 is 10.6 Å². The molecule has 0 fully saturated rings. The first kappa shape index (κ1) is 13.3. The number of rotatable bonds is 4. The van der Waals surface area contributed by atoms with Crippen LogP contribution in [0.2, 0.25) is 0 Å². The second-order valence-corrected chi connectivity index (χ2v) is 5.87. The summed E-state index contributed by atoms with van der Waals surface area (Å²) in [7, 11) is 0. The Balaban J connectivity index is 1.74. The predicted octanol–water partition coefficient (Wildman–Crippen LogP) is 2.32. The van der Waals surface area contributed by atoms with Crippen molar-refractivity contribution in [2.24, 2.45) is 0 Å². The summed E-state index contributed by atoms with van der Waals surface area (Å²) in [4.78, 5) is 12.1. The highest BCUT2D eigenvalue weighted by Gasteiger charge is 2.31. The molecule has 0 aliphatic carbocycles. The summed E-state index contributed by atoms with van der Waals surface area (Å²) in [6.07, 6.45) is 3.67. The Morgan fingerprint density at radius 2 is 2.40 bits per heavy atom. The smallest absolute Gasteiger partial charge is 0.246 e. The van der Waals surface area contributed by atoms with Crippen LogP contribution in [0.4, 0.5) is 5.69 Å². The topological polar surface area (TPSA) is 59.0 Å². The molecule has 0 radical (unpaired) electrons. The van der Waals surface area contributed by atoms with Gasteiger partial charge in [0.2, 0.25) is 5.91 Å². The Labute approximate surface area is 125 Å². The molecule has 2 atom stereocenters. The molecule has 2 aromatic rings. The Morgan fingerprint density at radius 1 is 1.55 bits per heavy atom.